The minimum Gasteiger partial charge on any atom is -0.478 e. The topological polar surface area (TPSA) is 156 Å². The largest absolute Gasteiger partial charge is 0.478 e. The number of nitrogens with one attached hydrogen (secondary N) is 1. The summed E-state index contributed by atoms with van der Waals surface area (Å²) in [6.45, 7) is 1.94. The number of fused-ring (bicyclic) bond motifs is 1. The molecule has 44 heavy (non-hydrogen) atoms. The standard InChI is InChI=1S/C32H33N7O5/c1-44-23-11-16-37(17-12-23)27-4-2-3-25-24(27)13-18-38(28(25)30(40)36-21-7-5-20(6-8-21)32(42)43)31(41)26-19-35-39(29(26)33)22-9-14-34-15-10-22/h2-10,14-15,19,23,28H,11-13,16-18,33H2,1H3,(H,36,40)(H,42,43). The summed E-state index contributed by atoms with van der Waals surface area (Å²) in [5.41, 5.74) is 10.6. The lowest BCUT2D eigenvalue weighted by Gasteiger charge is -2.40. The fraction of sp³-hybridized carbons (Fsp3) is 0.281. The van der Waals surface area contributed by atoms with Crippen LogP contribution in [0.1, 0.15) is 50.7 Å². The van der Waals surface area contributed by atoms with E-state index in [0.29, 0.717) is 17.8 Å². The van der Waals surface area contributed by atoms with Gasteiger partial charge in [0.25, 0.3) is 11.8 Å². The number of hydrogen-bond donors (Lipinski definition) is 3. The second kappa shape index (κ2) is 12.2. The van der Waals surface area contributed by atoms with Crippen LogP contribution in [0.2, 0.25) is 0 Å². The number of nitrogens with two attached hydrogens (primary N) is 1. The van der Waals surface area contributed by atoms with Gasteiger partial charge in [0.05, 0.1) is 23.6 Å². The number of aromatic carboxylic acids is 1. The van der Waals surface area contributed by atoms with E-state index in [1.54, 1.807) is 31.6 Å². The van der Waals surface area contributed by atoms with Gasteiger partial charge in [-0.15, -0.1) is 0 Å². The molecule has 4 heterocycles. The van der Waals surface area contributed by atoms with Crippen molar-refractivity contribution < 1.29 is 24.2 Å². The predicted molar refractivity (Wildman–Crippen MR) is 164 cm³/mol. The third-order valence-electron chi connectivity index (χ3n) is 8.37. The van der Waals surface area contributed by atoms with Crippen molar-refractivity contribution >= 4 is 35.0 Å². The van der Waals surface area contributed by atoms with E-state index in [4.69, 9.17) is 10.5 Å². The van der Waals surface area contributed by atoms with Gasteiger partial charge in [0.15, 0.2) is 0 Å². The number of rotatable bonds is 7. The molecule has 0 saturated carbocycles. The summed E-state index contributed by atoms with van der Waals surface area (Å²) < 4.78 is 7.03. The normalized spacial score (nSPS) is 16.8. The molecule has 12 nitrogen and oxygen atoms in total. The number of amides is 2. The van der Waals surface area contributed by atoms with Crippen LogP contribution in [0.5, 0.6) is 0 Å². The molecule has 1 atom stereocenters. The third-order valence-corrected chi connectivity index (χ3v) is 8.37. The Morgan fingerprint density at radius 3 is 2.41 bits per heavy atom. The Labute approximate surface area is 254 Å². The highest BCUT2D eigenvalue weighted by Gasteiger charge is 2.39. The summed E-state index contributed by atoms with van der Waals surface area (Å²) in [6.07, 6.45) is 7.23. The van der Waals surface area contributed by atoms with Gasteiger partial charge in [-0.2, -0.15) is 5.10 Å². The van der Waals surface area contributed by atoms with Crippen LogP contribution in [-0.4, -0.2) is 75.4 Å². The fourth-order valence-electron chi connectivity index (χ4n) is 6.06. The lowest BCUT2D eigenvalue weighted by Crippen LogP contribution is -2.46. The van der Waals surface area contributed by atoms with E-state index >= 15 is 0 Å². The second-order valence-corrected chi connectivity index (χ2v) is 10.9. The number of benzene rings is 2. The van der Waals surface area contributed by atoms with Crippen LogP contribution < -0.4 is 16.0 Å². The average molecular weight is 596 g/mol. The number of nitrogen functional groups attached to an aromatic ring is 1. The predicted octanol–water partition coefficient (Wildman–Crippen LogP) is 3.54. The summed E-state index contributed by atoms with van der Waals surface area (Å²) in [4.78, 5) is 47.4. The first-order valence-corrected chi connectivity index (χ1v) is 14.4. The van der Waals surface area contributed by atoms with Crippen molar-refractivity contribution in [3.63, 3.8) is 0 Å². The number of carbonyl (C=O) groups excluding carboxylic acids is 2. The van der Waals surface area contributed by atoms with Crippen molar-refractivity contribution in [1.82, 2.24) is 19.7 Å². The number of piperidine rings is 1. The highest BCUT2D eigenvalue weighted by molar-refractivity contribution is 6.04. The number of anilines is 3. The lowest BCUT2D eigenvalue weighted by atomic mass is 9.89. The van der Waals surface area contributed by atoms with E-state index in [-0.39, 0.29) is 29.6 Å². The van der Waals surface area contributed by atoms with Gasteiger partial charge in [0.2, 0.25) is 0 Å². The van der Waals surface area contributed by atoms with E-state index in [0.717, 1.165) is 42.7 Å². The maximum absolute atomic E-state index is 14.1. The molecule has 2 aliphatic heterocycles. The number of carbonyl (C=O) groups is 3. The summed E-state index contributed by atoms with van der Waals surface area (Å²) in [6, 6.07) is 14.3. The molecule has 4 aromatic rings. The maximum atomic E-state index is 14.1. The van der Waals surface area contributed by atoms with Gasteiger partial charge in [-0.3, -0.25) is 14.6 Å². The molecule has 4 N–H and O–H groups in total. The molecule has 2 aromatic heterocycles. The summed E-state index contributed by atoms with van der Waals surface area (Å²) in [5.74, 6) is -1.74. The highest BCUT2D eigenvalue weighted by atomic mass is 16.5. The van der Waals surface area contributed by atoms with Crippen molar-refractivity contribution in [2.45, 2.75) is 31.4 Å². The van der Waals surface area contributed by atoms with Crippen molar-refractivity contribution in [2.75, 3.05) is 42.7 Å². The van der Waals surface area contributed by atoms with Crippen LogP contribution in [0.15, 0.2) is 73.2 Å². The Morgan fingerprint density at radius 1 is 1.00 bits per heavy atom. The second-order valence-electron chi connectivity index (χ2n) is 10.9. The van der Waals surface area contributed by atoms with Crippen molar-refractivity contribution in [2.24, 2.45) is 0 Å². The van der Waals surface area contributed by atoms with Crippen molar-refractivity contribution in [3.05, 3.63) is 95.4 Å². The van der Waals surface area contributed by atoms with E-state index in [9.17, 15) is 19.5 Å². The smallest absolute Gasteiger partial charge is 0.335 e. The van der Waals surface area contributed by atoms with Gasteiger partial charge in [0.1, 0.15) is 17.4 Å². The SMILES string of the molecule is COC1CCN(c2cccc3c2CCN(C(=O)c2cnn(-c4ccncc4)c2N)C3C(=O)Nc2ccc(C(=O)O)cc2)CC1. The number of aromatic nitrogens is 3. The molecule has 1 fully saturated rings. The molecule has 226 valence electrons. The minimum absolute atomic E-state index is 0.103. The number of pyridine rings is 1. The van der Waals surface area contributed by atoms with Gasteiger partial charge < -0.3 is 30.7 Å². The van der Waals surface area contributed by atoms with Gasteiger partial charge >= 0.3 is 5.97 Å². The van der Waals surface area contributed by atoms with Crippen LogP contribution in [0, 0.1) is 0 Å². The van der Waals surface area contributed by atoms with Crippen LogP contribution >= 0.6 is 0 Å². The first kappa shape index (κ1) is 28.9. The maximum Gasteiger partial charge on any atom is 0.335 e. The zero-order valence-electron chi connectivity index (χ0n) is 24.2. The van der Waals surface area contributed by atoms with Gasteiger partial charge in [0, 0.05) is 50.5 Å². The molecule has 6 rings (SSSR count). The Balaban J connectivity index is 1.36. The van der Waals surface area contributed by atoms with Crippen molar-refractivity contribution in [1.29, 1.82) is 0 Å². The Morgan fingerprint density at radius 2 is 1.73 bits per heavy atom. The molecule has 0 spiro atoms. The molecule has 1 unspecified atom stereocenters. The van der Waals surface area contributed by atoms with Gasteiger partial charge in [-0.05, 0) is 72.9 Å². The molecule has 0 radical (unpaired) electrons. The molecule has 0 aliphatic carbocycles. The molecule has 2 aliphatic rings. The fourth-order valence-corrected chi connectivity index (χ4v) is 6.06. The van der Waals surface area contributed by atoms with E-state index in [1.807, 2.05) is 12.1 Å². The highest BCUT2D eigenvalue weighted by Crippen LogP contribution is 2.38. The van der Waals surface area contributed by atoms with E-state index in [2.05, 4.69) is 26.4 Å². The average Bonchev–Trinajstić information content (AvgIpc) is 3.45. The molecule has 12 heteroatoms. The quantitative estimate of drug-likeness (QED) is 0.291. The van der Waals surface area contributed by atoms with Crippen LogP contribution in [-0.2, 0) is 16.0 Å². The number of ether oxygens (including phenoxy) is 1. The Bertz CT molecular complexity index is 1680. The van der Waals surface area contributed by atoms with E-state index in [1.165, 1.54) is 40.0 Å². The molecule has 2 amide bonds. The number of hydrogen-bond acceptors (Lipinski definition) is 8. The van der Waals surface area contributed by atoms with Gasteiger partial charge in [-0.1, -0.05) is 12.1 Å². The van der Waals surface area contributed by atoms with Gasteiger partial charge in [-0.25, -0.2) is 9.48 Å². The monoisotopic (exact) mass is 595 g/mol. The zero-order chi connectivity index (χ0) is 30.8. The summed E-state index contributed by atoms with van der Waals surface area (Å²) in [5, 5.41) is 16.5. The Kier molecular flexibility index (Phi) is 7.99. The first-order valence-electron chi connectivity index (χ1n) is 14.4. The van der Waals surface area contributed by atoms with Crippen molar-refractivity contribution in [3.8, 4) is 5.69 Å². The molecule has 2 aromatic carbocycles. The minimum atomic E-state index is -1.06. The number of methoxy groups -OCH3 is 1. The number of nitrogens with zero attached hydrogens (tertiary/aromatic N) is 5. The number of carboxylic acid groups (broad SMARTS) is 1. The summed E-state index contributed by atoms with van der Waals surface area (Å²) in [7, 11) is 1.74. The van der Waals surface area contributed by atoms with Crippen LogP contribution in [0.3, 0.4) is 0 Å². The van der Waals surface area contributed by atoms with E-state index < -0.39 is 23.8 Å². The number of carboxylic acids is 1. The molecule has 0 bridgehead atoms. The van der Waals surface area contributed by atoms with Crippen LogP contribution in [0.4, 0.5) is 17.2 Å². The molecule has 1 saturated heterocycles. The first-order chi connectivity index (χ1) is 21.4. The van der Waals surface area contributed by atoms with Crippen LogP contribution in [0.25, 0.3) is 5.69 Å². The lowest BCUT2D eigenvalue weighted by molar-refractivity contribution is -0.121. The summed E-state index contributed by atoms with van der Waals surface area (Å²) >= 11 is 0. The third kappa shape index (κ3) is 5.47. The molecular formula is C32H33N7O5. The Hall–Kier alpha value is -5.23. The zero-order valence-corrected chi connectivity index (χ0v) is 24.2. The molecular weight excluding hydrogens is 562 g/mol.